The molecule has 2 aliphatic heterocycles. The third-order valence-electron chi connectivity index (χ3n) is 4.57. The van der Waals surface area contributed by atoms with Crippen LogP contribution < -0.4 is 0 Å². The molecule has 0 radical (unpaired) electrons. The SMILES string of the molecule is O=C1C[C@H]2CC[C@@H](C1)N2CCCOC(=O)c1ccc(Br)cc1. The zero-order chi connectivity index (χ0) is 15.5. The number of esters is 1. The largest absolute Gasteiger partial charge is 0.462 e. The quantitative estimate of drug-likeness (QED) is 0.593. The molecule has 2 saturated heterocycles. The van der Waals surface area contributed by atoms with E-state index in [0.717, 1.165) is 30.3 Å². The van der Waals surface area contributed by atoms with Gasteiger partial charge in [-0.15, -0.1) is 0 Å². The van der Waals surface area contributed by atoms with Crippen molar-refractivity contribution >= 4 is 27.7 Å². The maximum atomic E-state index is 11.9. The van der Waals surface area contributed by atoms with Crippen LogP contribution in [0.2, 0.25) is 0 Å². The third-order valence-corrected chi connectivity index (χ3v) is 5.10. The predicted octanol–water partition coefficient (Wildman–Crippen LogP) is 3.19. The van der Waals surface area contributed by atoms with Crippen molar-refractivity contribution in [1.82, 2.24) is 4.90 Å². The van der Waals surface area contributed by atoms with E-state index in [1.807, 2.05) is 12.1 Å². The summed E-state index contributed by atoms with van der Waals surface area (Å²) in [5, 5.41) is 0. The van der Waals surface area contributed by atoms with Crippen LogP contribution in [-0.2, 0) is 9.53 Å². The summed E-state index contributed by atoms with van der Waals surface area (Å²) in [6.07, 6.45) is 4.50. The Morgan fingerprint density at radius 3 is 2.45 bits per heavy atom. The Hall–Kier alpha value is -1.20. The number of ether oxygens (including phenoxy) is 1. The van der Waals surface area contributed by atoms with Gasteiger partial charge >= 0.3 is 5.97 Å². The van der Waals surface area contributed by atoms with Gasteiger partial charge in [-0.05, 0) is 43.5 Å². The normalized spacial score (nSPS) is 24.5. The average Bonchev–Trinajstić information content (AvgIpc) is 2.74. The molecular formula is C17H20BrNO3. The van der Waals surface area contributed by atoms with Crippen molar-refractivity contribution in [3.8, 4) is 0 Å². The molecule has 3 rings (SSSR count). The molecule has 0 aromatic heterocycles. The van der Waals surface area contributed by atoms with Crippen LogP contribution in [0.25, 0.3) is 0 Å². The highest BCUT2D eigenvalue weighted by Crippen LogP contribution is 2.33. The molecule has 2 heterocycles. The lowest BCUT2D eigenvalue weighted by Gasteiger charge is -2.33. The van der Waals surface area contributed by atoms with Gasteiger partial charge < -0.3 is 4.74 Å². The van der Waals surface area contributed by atoms with Crippen molar-refractivity contribution in [2.45, 2.75) is 44.2 Å². The van der Waals surface area contributed by atoms with Crippen LogP contribution in [0.5, 0.6) is 0 Å². The third kappa shape index (κ3) is 3.58. The van der Waals surface area contributed by atoms with Crippen molar-refractivity contribution in [1.29, 1.82) is 0 Å². The summed E-state index contributed by atoms with van der Waals surface area (Å²) in [6, 6.07) is 8.02. The fourth-order valence-corrected chi connectivity index (χ4v) is 3.77. The van der Waals surface area contributed by atoms with Crippen LogP contribution >= 0.6 is 15.9 Å². The van der Waals surface area contributed by atoms with E-state index in [9.17, 15) is 9.59 Å². The molecule has 2 aliphatic rings. The van der Waals surface area contributed by atoms with Gasteiger partial charge in [0.25, 0.3) is 0 Å². The first-order chi connectivity index (χ1) is 10.6. The van der Waals surface area contributed by atoms with Crippen LogP contribution in [0.4, 0.5) is 0 Å². The summed E-state index contributed by atoms with van der Waals surface area (Å²) >= 11 is 3.34. The number of hydrogen-bond acceptors (Lipinski definition) is 4. The predicted molar refractivity (Wildman–Crippen MR) is 86.8 cm³/mol. The minimum Gasteiger partial charge on any atom is -0.462 e. The van der Waals surface area contributed by atoms with Gasteiger partial charge in [-0.1, -0.05) is 15.9 Å². The maximum Gasteiger partial charge on any atom is 0.338 e. The first-order valence-corrected chi connectivity index (χ1v) is 8.63. The second kappa shape index (κ2) is 6.92. The Labute approximate surface area is 138 Å². The van der Waals surface area contributed by atoms with E-state index in [4.69, 9.17) is 4.74 Å². The molecular weight excluding hydrogens is 346 g/mol. The molecule has 0 saturated carbocycles. The van der Waals surface area contributed by atoms with E-state index in [-0.39, 0.29) is 5.97 Å². The molecule has 0 amide bonds. The molecule has 2 fully saturated rings. The number of Topliss-reactive ketones (excluding diaryl/α,β-unsaturated/α-hetero) is 1. The summed E-state index contributed by atoms with van der Waals surface area (Å²) in [6.45, 7) is 1.34. The van der Waals surface area contributed by atoms with Crippen molar-refractivity contribution in [3.63, 3.8) is 0 Å². The summed E-state index contributed by atoms with van der Waals surface area (Å²) in [4.78, 5) is 25.9. The Morgan fingerprint density at radius 1 is 1.18 bits per heavy atom. The molecule has 0 aliphatic carbocycles. The van der Waals surface area contributed by atoms with E-state index in [1.54, 1.807) is 12.1 Å². The number of ketones is 1. The van der Waals surface area contributed by atoms with E-state index in [2.05, 4.69) is 20.8 Å². The highest BCUT2D eigenvalue weighted by Gasteiger charge is 2.39. The fourth-order valence-electron chi connectivity index (χ4n) is 3.51. The van der Waals surface area contributed by atoms with Crippen molar-refractivity contribution < 1.29 is 14.3 Å². The van der Waals surface area contributed by atoms with Gasteiger partial charge in [-0.3, -0.25) is 9.69 Å². The average molecular weight is 366 g/mol. The van der Waals surface area contributed by atoms with Gasteiger partial charge in [0, 0.05) is 35.9 Å². The zero-order valence-electron chi connectivity index (χ0n) is 12.5. The number of piperidine rings is 1. The first kappa shape index (κ1) is 15.7. The van der Waals surface area contributed by atoms with Gasteiger partial charge in [-0.25, -0.2) is 4.79 Å². The lowest BCUT2D eigenvalue weighted by molar-refractivity contribution is -0.123. The standard InChI is InChI=1S/C17H20BrNO3/c18-13-4-2-12(3-5-13)17(21)22-9-1-8-19-14-6-7-15(19)11-16(20)10-14/h2-5,14-15H,1,6-11H2/t14-,15+. The molecule has 118 valence electrons. The summed E-state index contributed by atoms with van der Waals surface area (Å²) in [5.41, 5.74) is 0.576. The Morgan fingerprint density at radius 2 is 1.82 bits per heavy atom. The topological polar surface area (TPSA) is 46.6 Å². The molecule has 22 heavy (non-hydrogen) atoms. The molecule has 0 unspecified atom stereocenters. The molecule has 4 nitrogen and oxygen atoms in total. The lowest BCUT2D eigenvalue weighted by Crippen LogP contribution is -2.43. The van der Waals surface area contributed by atoms with Crippen LogP contribution in [0.15, 0.2) is 28.7 Å². The summed E-state index contributed by atoms with van der Waals surface area (Å²) in [7, 11) is 0. The fraction of sp³-hybridized carbons (Fsp3) is 0.529. The minimum atomic E-state index is -0.274. The van der Waals surface area contributed by atoms with Crippen LogP contribution in [0.1, 0.15) is 42.5 Å². The van der Waals surface area contributed by atoms with Gasteiger partial charge in [0.1, 0.15) is 5.78 Å². The van der Waals surface area contributed by atoms with Gasteiger partial charge in [0.05, 0.1) is 12.2 Å². The van der Waals surface area contributed by atoms with Crippen molar-refractivity contribution in [2.75, 3.05) is 13.2 Å². The number of benzene rings is 1. The van der Waals surface area contributed by atoms with E-state index in [0.29, 0.717) is 42.9 Å². The van der Waals surface area contributed by atoms with Gasteiger partial charge in [-0.2, -0.15) is 0 Å². The Bertz CT molecular complexity index is 542. The molecule has 0 spiro atoms. The molecule has 5 heteroatoms. The second-order valence-electron chi connectivity index (χ2n) is 6.07. The maximum absolute atomic E-state index is 11.9. The Kier molecular flexibility index (Phi) is 4.93. The number of hydrogen-bond donors (Lipinski definition) is 0. The number of rotatable bonds is 5. The van der Waals surface area contributed by atoms with Gasteiger partial charge in [0.15, 0.2) is 0 Å². The number of carbonyl (C=O) groups is 2. The highest BCUT2D eigenvalue weighted by atomic mass is 79.9. The lowest BCUT2D eigenvalue weighted by atomic mass is 10.0. The van der Waals surface area contributed by atoms with Crippen LogP contribution in [0, 0.1) is 0 Å². The molecule has 1 aromatic rings. The van der Waals surface area contributed by atoms with Crippen LogP contribution in [-0.4, -0.2) is 41.9 Å². The van der Waals surface area contributed by atoms with Crippen molar-refractivity contribution in [3.05, 3.63) is 34.3 Å². The van der Waals surface area contributed by atoms with Gasteiger partial charge in [0.2, 0.25) is 0 Å². The van der Waals surface area contributed by atoms with E-state index < -0.39 is 0 Å². The monoisotopic (exact) mass is 365 g/mol. The molecule has 2 bridgehead atoms. The highest BCUT2D eigenvalue weighted by molar-refractivity contribution is 9.10. The first-order valence-electron chi connectivity index (χ1n) is 7.83. The molecule has 0 N–H and O–H groups in total. The second-order valence-corrected chi connectivity index (χ2v) is 6.98. The minimum absolute atomic E-state index is 0.274. The van der Waals surface area contributed by atoms with E-state index >= 15 is 0 Å². The molecule has 2 atom stereocenters. The zero-order valence-corrected chi connectivity index (χ0v) is 14.0. The number of halogens is 1. The number of fused-ring (bicyclic) bond motifs is 2. The number of carbonyl (C=O) groups excluding carboxylic acids is 2. The van der Waals surface area contributed by atoms with E-state index in [1.165, 1.54) is 0 Å². The Balaban J connectivity index is 1.41. The smallest absolute Gasteiger partial charge is 0.338 e. The summed E-state index contributed by atoms with van der Waals surface area (Å²) in [5.74, 6) is 0.134. The summed E-state index contributed by atoms with van der Waals surface area (Å²) < 4.78 is 6.27. The number of nitrogens with zero attached hydrogens (tertiary/aromatic N) is 1. The van der Waals surface area contributed by atoms with Crippen molar-refractivity contribution in [2.24, 2.45) is 0 Å². The van der Waals surface area contributed by atoms with Crippen LogP contribution in [0.3, 0.4) is 0 Å². The molecule has 1 aromatic carbocycles.